The number of aliphatic hydroxyl groups is 1. The predicted octanol–water partition coefficient (Wildman–Crippen LogP) is 0.406. The van der Waals surface area contributed by atoms with Crippen LogP contribution in [0.25, 0.3) is 0 Å². The van der Waals surface area contributed by atoms with E-state index in [1.54, 1.807) is 0 Å². The summed E-state index contributed by atoms with van der Waals surface area (Å²) < 4.78 is 0. The van der Waals surface area contributed by atoms with Crippen LogP contribution in [0.1, 0.15) is 39.5 Å². The van der Waals surface area contributed by atoms with Crippen LogP contribution in [-0.2, 0) is 4.79 Å². The van der Waals surface area contributed by atoms with Crippen molar-refractivity contribution < 1.29 is 9.90 Å². The van der Waals surface area contributed by atoms with Crippen molar-refractivity contribution in [2.45, 2.75) is 51.1 Å². The molecule has 0 radical (unpaired) electrons. The van der Waals surface area contributed by atoms with E-state index in [0.29, 0.717) is 6.54 Å². The summed E-state index contributed by atoms with van der Waals surface area (Å²) in [5.74, 6) is 0.0113. The molecule has 1 aliphatic carbocycles. The van der Waals surface area contributed by atoms with Gasteiger partial charge in [-0.3, -0.25) is 10.1 Å². The van der Waals surface area contributed by atoms with Gasteiger partial charge in [-0.1, -0.05) is 12.8 Å². The molecule has 0 saturated heterocycles. The Morgan fingerprint density at radius 3 is 2.53 bits per heavy atom. The molecule has 1 aliphatic rings. The molecule has 0 aromatic heterocycles. The molecule has 1 unspecified atom stereocenters. The lowest BCUT2D eigenvalue weighted by molar-refractivity contribution is -0.123. The Hall–Kier alpha value is -0.610. The Morgan fingerprint density at radius 2 is 2.07 bits per heavy atom. The maximum absolute atomic E-state index is 11.5. The minimum Gasteiger partial charge on any atom is -0.394 e. The third kappa shape index (κ3) is 3.18. The molecule has 1 rings (SSSR count). The van der Waals surface area contributed by atoms with Gasteiger partial charge in [0.05, 0.1) is 12.6 Å². The molecule has 4 heteroatoms. The van der Waals surface area contributed by atoms with Crippen LogP contribution < -0.4 is 10.6 Å². The summed E-state index contributed by atoms with van der Waals surface area (Å²) >= 11 is 0. The molecule has 0 spiro atoms. The summed E-state index contributed by atoms with van der Waals surface area (Å²) in [7, 11) is 0. The van der Waals surface area contributed by atoms with Gasteiger partial charge in [0, 0.05) is 12.1 Å². The average Bonchev–Trinajstić information content (AvgIpc) is 2.67. The smallest absolute Gasteiger partial charge is 0.236 e. The quantitative estimate of drug-likeness (QED) is 0.621. The fourth-order valence-corrected chi connectivity index (χ4v) is 2.25. The van der Waals surface area contributed by atoms with E-state index in [-0.39, 0.29) is 24.1 Å². The van der Waals surface area contributed by atoms with Gasteiger partial charge in [-0.25, -0.2) is 0 Å². The molecule has 88 valence electrons. The number of amides is 1. The zero-order valence-electron chi connectivity index (χ0n) is 9.68. The number of hydrogen-bond donors (Lipinski definition) is 3. The van der Waals surface area contributed by atoms with Gasteiger partial charge in [-0.2, -0.15) is 0 Å². The summed E-state index contributed by atoms with van der Waals surface area (Å²) in [5.41, 5.74) is -0.218. The van der Waals surface area contributed by atoms with Crippen molar-refractivity contribution in [2.75, 3.05) is 13.2 Å². The van der Waals surface area contributed by atoms with Gasteiger partial charge in [-0.15, -0.1) is 0 Å². The van der Waals surface area contributed by atoms with Gasteiger partial charge >= 0.3 is 0 Å². The van der Waals surface area contributed by atoms with E-state index in [1.807, 2.05) is 13.8 Å². The molecule has 0 bridgehead atoms. The Bertz CT molecular complexity index is 213. The van der Waals surface area contributed by atoms with E-state index in [0.717, 1.165) is 25.7 Å². The van der Waals surface area contributed by atoms with Gasteiger partial charge in [0.15, 0.2) is 0 Å². The van der Waals surface area contributed by atoms with Crippen molar-refractivity contribution in [1.29, 1.82) is 0 Å². The summed E-state index contributed by atoms with van der Waals surface area (Å²) in [5, 5.41) is 15.4. The number of rotatable bonds is 5. The highest BCUT2D eigenvalue weighted by molar-refractivity contribution is 5.81. The standard InChI is InChI=1S/C11H22N2O2/c1-3-12-10(15)9(2)13-11(8-14)6-4-5-7-11/h9,13-14H,3-8H2,1-2H3,(H,12,15). The fraction of sp³-hybridized carbons (Fsp3) is 0.909. The van der Waals surface area contributed by atoms with E-state index in [1.165, 1.54) is 0 Å². The topological polar surface area (TPSA) is 61.4 Å². The molecule has 1 saturated carbocycles. The van der Waals surface area contributed by atoms with E-state index in [4.69, 9.17) is 0 Å². The SMILES string of the molecule is CCNC(=O)C(C)NC1(CO)CCCC1. The second kappa shape index (κ2) is 5.47. The molecule has 3 N–H and O–H groups in total. The molecular formula is C11H22N2O2. The normalized spacial score (nSPS) is 21.3. The summed E-state index contributed by atoms with van der Waals surface area (Å²) in [6.45, 7) is 4.52. The third-order valence-electron chi connectivity index (χ3n) is 3.13. The molecule has 1 amide bonds. The molecule has 1 atom stereocenters. The zero-order chi connectivity index (χ0) is 11.3. The molecular weight excluding hydrogens is 192 g/mol. The first-order chi connectivity index (χ1) is 7.13. The number of likely N-dealkylation sites (N-methyl/N-ethyl adjacent to an activating group) is 1. The monoisotopic (exact) mass is 214 g/mol. The zero-order valence-corrected chi connectivity index (χ0v) is 9.68. The van der Waals surface area contributed by atoms with Crippen molar-refractivity contribution in [1.82, 2.24) is 10.6 Å². The third-order valence-corrected chi connectivity index (χ3v) is 3.13. The molecule has 4 nitrogen and oxygen atoms in total. The van der Waals surface area contributed by atoms with Crippen molar-refractivity contribution in [3.63, 3.8) is 0 Å². The van der Waals surface area contributed by atoms with Crippen LogP contribution in [0.2, 0.25) is 0 Å². The molecule has 0 aromatic carbocycles. The second-order valence-corrected chi connectivity index (χ2v) is 4.41. The van der Waals surface area contributed by atoms with E-state index in [9.17, 15) is 9.90 Å². The summed E-state index contributed by atoms with van der Waals surface area (Å²) in [6.07, 6.45) is 4.20. The van der Waals surface area contributed by atoms with E-state index >= 15 is 0 Å². The number of hydrogen-bond acceptors (Lipinski definition) is 3. The lowest BCUT2D eigenvalue weighted by atomic mass is 9.97. The summed E-state index contributed by atoms with van der Waals surface area (Å²) in [4.78, 5) is 11.5. The van der Waals surface area contributed by atoms with Crippen molar-refractivity contribution in [2.24, 2.45) is 0 Å². The molecule has 0 aliphatic heterocycles. The first-order valence-corrected chi connectivity index (χ1v) is 5.80. The Kier molecular flexibility index (Phi) is 4.54. The maximum atomic E-state index is 11.5. The number of aliphatic hydroxyl groups excluding tert-OH is 1. The van der Waals surface area contributed by atoms with Gasteiger partial charge < -0.3 is 10.4 Å². The minimum atomic E-state index is -0.227. The van der Waals surface area contributed by atoms with E-state index < -0.39 is 0 Å². The van der Waals surface area contributed by atoms with Gasteiger partial charge in [0.1, 0.15) is 0 Å². The van der Waals surface area contributed by atoms with Crippen LogP contribution >= 0.6 is 0 Å². The average molecular weight is 214 g/mol. The molecule has 1 fully saturated rings. The van der Waals surface area contributed by atoms with Crippen molar-refractivity contribution in [3.8, 4) is 0 Å². The van der Waals surface area contributed by atoms with Crippen LogP contribution in [0.3, 0.4) is 0 Å². The van der Waals surface area contributed by atoms with Gasteiger partial charge in [0.2, 0.25) is 5.91 Å². The molecule has 0 heterocycles. The Morgan fingerprint density at radius 1 is 1.47 bits per heavy atom. The summed E-state index contributed by atoms with van der Waals surface area (Å²) in [6, 6.07) is -0.227. The maximum Gasteiger partial charge on any atom is 0.236 e. The number of carbonyl (C=O) groups excluding carboxylic acids is 1. The number of nitrogens with one attached hydrogen (secondary N) is 2. The Labute approximate surface area is 91.4 Å². The fourth-order valence-electron chi connectivity index (χ4n) is 2.25. The van der Waals surface area contributed by atoms with Crippen LogP contribution in [0.4, 0.5) is 0 Å². The number of carbonyl (C=O) groups is 1. The van der Waals surface area contributed by atoms with Crippen LogP contribution in [0.15, 0.2) is 0 Å². The Balaban J connectivity index is 2.47. The highest BCUT2D eigenvalue weighted by Crippen LogP contribution is 2.29. The molecule has 0 aromatic rings. The minimum absolute atomic E-state index is 0.0113. The predicted molar refractivity (Wildman–Crippen MR) is 59.6 cm³/mol. The first kappa shape index (κ1) is 12.5. The van der Waals surface area contributed by atoms with E-state index in [2.05, 4.69) is 10.6 Å². The second-order valence-electron chi connectivity index (χ2n) is 4.41. The van der Waals surface area contributed by atoms with Crippen LogP contribution in [0, 0.1) is 0 Å². The highest BCUT2D eigenvalue weighted by atomic mass is 16.3. The first-order valence-electron chi connectivity index (χ1n) is 5.80. The lowest BCUT2D eigenvalue weighted by Gasteiger charge is -2.31. The molecule has 15 heavy (non-hydrogen) atoms. The van der Waals surface area contributed by atoms with Crippen LogP contribution in [-0.4, -0.2) is 35.7 Å². The van der Waals surface area contributed by atoms with Gasteiger partial charge in [-0.05, 0) is 26.7 Å². The van der Waals surface area contributed by atoms with Crippen molar-refractivity contribution >= 4 is 5.91 Å². The van der Waals surface area contributed by atoms with Crippen molar-refractivity contribution in [3.05, 3.63) is 0 Å². The largest absolute Gasteiger partial charge is 0.394 e. The lowest BCUT2D eigenvalue weighted by Crippen LogP contribution is -2.55. The highest BCUT2D eigenvalue weighted by Gasteiger charge is 2.35. The van der Waals surface area contributed by atoms with Crippen LogP contribution in [0.5, 0.6) is 0 Å². The van der Waals surface area contributed by atoms with Gasteiger partial charge in [0.25, 0.3) is 0 Å².